The van der Waals surface area contributed by atoms with Gasteiger partial charge >= 0.3 is 5.69 Å². The molecule has 2 aliphatic heterocycles. The van der Waals surface area contributed by atoms with Crippen LogP contribution in [0.2, 0.25) is 0 Å². The summed E-state index contributed by atoms with van der Waals surface area (Å²) in [5.41, 5.74) is 7.05. The van der Waals surface area contributed by atoms with E-state index in [0.717, 1.165) is 32.0 Å². The van der Waals surface area contributed by atoms with E-state index in [1.165, 1.54) is 0 Å². The molecule has 52 heavy (non-hydrogen) atoms. The molecule has 13 nitrogen and oxygen atoms in total. The average Bonchev–Trinajstić information content (AvgIpc) is 3.47. The zero-order valence-corrected chi connectivity index (χ0v) is 29.6. The van der Waals surface area contributed by atoms with Gasteiger partial charge in [0.05, 0.1) is 17.2 Å². The first-order valence-corrected chi connectivity index (χ1v) is 17.5. The Hall–Kier alpha value is -6.00. The molecule has 7 rings (SSSR count). The first kappa shape index (κ1) is 34.4. The number of anilines is 2. The van der Waals surface area contributed by atoms with E-state index in [1.807, 2.05) is 62.4 Å². The van der Waals surface area contributed by atoms with Crippen LogP contribution in [0.5, 0.6) is 11.5 Å². The topological polar surface area (TPSA) is 151 Å². The number of rotatable bonds is 8. The SMILES string of the molecule is CN1CCN(c2ccnc(C(C)(C)C=C(C#N)C(=O)N3CCC[C@@H](n4c(=O)n(-c5ccc(Oc6ccccc6)cc5)c5c(N)nccc54)C3)n2)CC1. The first-order chi connectivity index (χ1) is 25.1. The summed E-state index contributed by atoms with van der Waals surface area (Å²) in [7, 11) is 2.11. The number of likely N-dealkylation sites (N-methyl/N-ethyl adjacent to an activating group) is 1. The minimum Gasteiger partial charge on any atom is -0.457 e. The van der Waals surface area contributed by atoms with E-state index < -0.39 is 5.41 Å². The second-order valence-electron chi connectivity index (χ2n) is 13.9. The number of aromatic nitrogens is 5. The summed E-state index contributed by atoms with van der Waals surface area (Å²) in [5.74, 6) is 2.53. The summed E-state index contributed by atoms with van der Waals surface area (Å²) in [6, 6.07) is 22.1. The summed E-state index contributed by atoms with van der Waals surface area (Å²) >= 11 is 0. The predicted octanol–water partition coefficient (Wildman–Crippen LogP) is 4.69. The Labute approximate surface area is 302 Å². The number of nitrogen functional groups attached to an aromatic ring is 1. The van der Waals surface area contributed by atoms with Crippen molar-refractivity contribution in [2.45, 2.75) is 38.1 Å². The number of benzene rings is 2. The van der Waals surface area contributed by atoms with E-state index in [0.29, 0.717) is 53.4 Å². The maximum atomic E-state index is 14.3. The summed E-state index contributed by atoms with van der Waals surface area (Å²) < 4.78 is 9.22. The van der Waals surface area contributed by atoms with Gasteiger partial charge in [-0.15, -0.1) is 0 Å². The number of likely N-dealkylation sites (tertiary alicyclic amines) is 1. The number of ether oxygens (including phenoxy) is 1. The van der Waals surface area contributed by atoms with Crippen LogP contribution in [0, 0.1) is 11.3 Å². The smallest absolute Gasteiger partial charge is 0.334 e. The number of allylic oxidation sites excluding steroid dienone is 1. The highest BCUT2D eigenvalue weighted by molar-refractivity contribution is 5.97. The van der Waals surface area contributed by atoms with Crippen molar-refractivity contribution in [3.63, 3.8) is 0 Å². The molecule has 0 saturated carbocycles. The number of carbonyl (C=O) groups is 1. The molecule has 2 aromatic carbocycles. The lowest BCUT2D eigenvalue weighted by Gasteiger charge is -2.34. The third kappa shape index (κ3) is 6.85. The fourth-order valence-corrected chi connectivity index (χ4v) is 7.03. The Bertz CT molecular complexity index is 2210. The Morgan fingerprint density at radius 1 is 0.962 bits per heavy atom. The number of imidazole rings is 1. The van der Waals surface area contributed by atoms with Crippen LogP contribution in [0.3, 0.4) is 0 Å². The quantitative estimate of drug-likeness (QED) is 0.179. The molecule has 0 aliphatic carbocycles. The fraction of sp³-hybridized carbons (Fsp3) is 0.333. The Morgan fingerprint density at radius 3 is 2.40 bits per heavy atom. The highest BCUT2D eigenvalue weighted by Crippen LogP contribution is 2.31. The number of hydrogen-bond acceptors (Lipinski definition) is 10. The first-order valence-electron chi connectivity index (χ1n) is 17.5. The van der Waals surface area contributed by atoms with Gasteiger partial charge in [-0.2, -0.15) is 5.26 Å². The third-order valence-electron chi connectivity index (χ3n) is 9.83. The fourth-order valence-electron chi connectivity index (χ4n) is 7.03. The zero-order chi connectivity index (χ0) is 36.4. The predicted molar refractivity (Wildman–Crippen MR) is 200 cm³/mol. The lowest BCUT2D eigenvalue weighted by Crippen LogP contribution is -2.45. The summed E-state index contributed by atoms with van der Waals surface area (Å²) in [6.45, 7) is 8.15. The van der Waals surface area contributed by atoms with Crippen LogP contribution in [0.1, 0.15) is 38.6 Å². The molecule has 13 heteroatoms. The van der Waals surface area contributed by atoms with Gasteiger partial charge in [0, 0.05) is 57.1 Å². The van der Waals surface area contributed by atoms with E-state index in [9.17, 15) is 14.9 Å². The number of nitrogens with two attached hydrogens (primary N) is 1. The lowest BCUT2D eigenvalue weighted by atomic mass is 9.89. The van der Waals surface area contributed by atoms with Gasteiger partial charge in [0.1, 0.15) is 46.1 Å². The normalized spacial score (nSPS) is 17.3. The largest absolute Gasteiger partial charge is 0.457 e. The second-order valence-corrected chi connectivity index (χ2v) is 13.9. The monoisotopic (exact) mass is 698 g/mol. The second kappa shape index (κ2) is 14.3. The number of pyridine rings is 1. The number of nitrogens with zero attached hydrogens (tertiary/aromatic N) is 9. The summed E-state index contributed by atoms with van der Waals surface area (Å²) in [4.78, 5) is 48.2. The van der Waals surface area contributed by atoms with Gasteiger partial charge < -0.3 is 25.2 Å². The van der Waals surface area contributed by atoms with Crippen LogP contribution in [0.25, 0.3) is 16.7 Å². The van der Waals surface area contributed by atoms with Gasteiger partial charge in [-0.1, -0.05) is 18.2 Å². The van der Waals surface area contributed by atoms with Crippen molar-refractivity contribution in [2.24, 2.45) is 0 Å². The third-order valence-corrected chi connectivity index (χ3v) is 9.83. The molecule has 2 aliphatic rings. The van der Waals surface area contributed by atoms with Gasteiger partial charge in [-0.3, -0.25) is 13.9 Å². The number of carbonyl (C=O) groups excluding carboxylic acids is 1. The van der Waals surface area contributed by atoms with E-state index >= 15 is 0 Å². The van der Waals surface area contributed by atoms with Crippen molar-refractivity contribution in [3.05, 3.63) is 107 Å². The molecular weight excluding hydrogens is 656 g/mol. The van der Waals surface area contributed by atoms with E-state index in [1.54, 1.807) is 50.7 Å². The number of para-hydroxylation sites is 1. The van der Waals surface area contributed by atoms with Gasteiger partial charge in [0.25, 0.3) is 5.91 Å². The van der Waals surface area contributed by atoms with Crippen LogP contribution in [0.4, 0.5) is 11.6 Å². The molecule has 1 atom stereocenters. The number of hydrogen-bond donors (Lipinski definition) is 1. The molecule has 3 aromatic heterocycles. The molecule has 5 aromatic rings. The Kier molecular flexibility index (Phi) is 9.49. The molecule has 2 fully saturated rings. The summed E-state index contributed by atoms with van der Waals surface area (Å²) in [5, 5.41) is 10.2. The van der Waals surface area contributed by atoms with Crippen LogP contribution >= 0.6 is 0 Å². The van der Waals surface area contributed by atoms with Crippen molar-refractivity contribution < 1.29 is 9.53 Å². The van der Waals surface area contributed by atoms with Gasteiger partial charge in [0.15, 0.2) is 0 Å². The minimum atomic E-state index is -0.797. The lowest BCUT2D eigenvalue weighted by molar-refractivity contribution is -0.128. The van der Waals surface area contributed by atoms with Crippen LogP contribution in [-0.4, -0.2) is 86.1 Å². The van der Waals surface area contributed by atoms with Gasteiger partial charge in [-0.05, 0) is 88.3 Å². The molecule has 2 N–H and O–H groups in total. The van der Waals surface area contributed by atoms with E-state index in [4.69, 9.17) is 15.5 Å². The van der Waals surface area contributed by atoms with Crippen LogP contribution < -0.4 is 21.1 Å². The Morgan fingerprint density at radius 2 is 1.67 bits per heavy atom. The minimum absolute atomic E-state index is 0.0141. The molecule has 266 valence electrons. The van der Waals surface area contributed by atoms with Crippen molar-refractivity contribution >= 4 is 28.6 Å². The molecule has 5 heterocycles. The number of piperidine rings is 1. The maximum absolute atomic E-state index is 14.3. The van der Waals surface area contributed by atoms with Crippen LogP contribution in [-0.2, 0) is 10.2 Å². The van der Waals surface area contributed by atoms with Crippen molar-refractivity contribution in [2.75, 3.05) is 56.9 Å². The average molecular weight is 699 g/mol. The van der Waals surface area contributed by atoms with E-state index in [-0.39, 0.29) is 35.6 Å². The van der Waals surface area contributed by atoms with Crippen LogP contribution in [0.15, 0.2) is 95.6 Å². The standard InChI is InChI=1S/C39H42N10O3/c1-39(2,37-43-18-16-33(44-37)46-22-20-45(3)21-23-46)24-27(25-40)36(50)47-19-7-8-29(26-47)48-32-15-17-42-35(41)34(32)49(38(48)51)28-11-13-31(14-12-28)52-30-9-5-4-6-10-30/h4-6,9-18,24,29H,7-8,19-23,26H2,1-3H3,(H2,41,42)/t29-/m1/s1. The molecule has 1 amide bonds. The van der Waals surface area contributed by atoms with Gasteiger partial charge in [0.2, 0.25) is 0 Å². The van der Waals surface area contributed by atoms with Crippen molar-refractivity contribution in [3.8, 4) is 23.3 Å². The van der Waals surface area contributed by atoms with E-state index in [2.05, 4.69) is 32.9 Å². The summed E-state index contributed by atoms with van der Waals surface area (Å²) in [6.07, 6.45) is 6.30. The highest BCUT2D eigenvalue weighted by Gasteiger charge is 2.32. The molecule has 0 bridgehead atoms. The molecule has 0 radical (unpaired) electrons. The Balaban J connectivity index is 1.15. The van der Waals surface area contributed by atoms with Crippen molar-refractivity contribution in [1.29, 1.82) is 5.26 Å². The maximum Gasteiger partial charge on any atom is 0.334 e. The number of amides is 1. The molecule has 0 unspecified atom stereocenters. The number of nitriles is 1. The zero-order valence-electron chi connectivity index (χ0n) is 29.6. The molecule has 0 spiro atoms. The van der Waals surface area contributed by atoms with Gasteiger partial charge in [-0.25, -0.2) is 19.7 Å². The molecular formula is C39H42N10O3. The van der Waals surface area contributed by atoms with Crippen molar-refractivity contribution in [1.82, 2.24) is 33.9 Å². The molecule has 2 saturated heterocycles. The highest BCUT2D eigenvalue weighted by atomic mass is 16.5. The number of piperazine rings is 1. The number of fused-ring (bicyclic) bond motifs is 1.